The van der Waals surface area contributed by atoms with Crippen LogP contribution < -0.4 is 5.73 Å². The van der Waals surface area contributed by atoms with Gasteiger partial charge in [-0.3, -0.25) is 0 Å². The lowest BCUT2D eigenvalue weighted by Crippen LogP contribution is -2.48. The van der Waals surface area contributed by atoms with Crippen molar-refractivity contribution in [1.29, 1.82) is 0 Å². The predicted molar refractivity (Wildman–Crippen MR) is 61.8 cm³/mol. The van der Waals surface area contributed by atoms with E-state index in [0.717, 1.165) is 30.6 Å². The van der Waals surface area contributed by atoms with Crippen LogP contribution in [0.5, 0.6) is 0 Å². The lowest BCUT2D eigenvalue weighted by Gasteiger charge is -2.28. The highest BCUT2D eigenvalue weighted by atomic mass is 19.1. The summed E-state index contributed by atoms with van der Waals surface area (Å²) in [5, 5.41) is 0. The lowest BCUT2D eigenvalue weighted by atomic mass is 9.85. The van der Waals surface area contributed by atoms with E-state index in [2.05, 4.69) is 0 Å². The molecule has 2 N–H and O–H groups in total. The summed E-state index contributed by atoms with van der Waals surface area (Å²) < 4.78 is 18.5. The molecule has 2 atom stereocenters. The van der Waals surface area contributed by atoms with Gasteiger partial charge in [0.25, 0.3) is 0 Å². The van der Waals surface area contributed by atoms with Gasteiger partial charge in [-0.1, -0.05) is 6.07 Å². The molecule has 1 aliphatic heterocycles. The summed E-state index contributed by atoms with van der Waals surface area (Å²) in [5.41, 5.74) is 8.09. The first-order valence-electron chi connectivity index (χ1n) is 5.67. The van der Waals surface area contributed by atoms with Gasteiger partial charge >= 0.3 is 0 Å². The third-order valence-electron chi connectivity index (χ3n) is 3.57. The molecule has 0 bridgehead atoms. The van der Waals surface area contributed by atoms with Gasteiger partial charge in [-0.2, -0.15) is 0 Å². The largest absolute Gasteiger partial charge is 0.377 e. The molecule has 1 fully saturated rings. The van der Waals surface area contributed by atoms with Crippen LogP contribution in [0.3, 0.4) is 0 Å². The molecule has 0 spiro atoms. The molecule has 2 unspecified atom stereocenters. The molecule has 1 saturated heterocycles. The molecular formula is C13H18FNO. The number of ether oxygens (including phenoxy) is 1. The predicted octanol–water partition coefficient (Wildman–Crippen LogP) is 2.18. The van der Waals surface area contributed by atoms with Crippen molar-refractivity contribution in [2.75, 3.05) is 6.61 Å². The topological polar surface area (TPSA) is 35.2 Å². The van der Waals surface area contributed by atoms with Crippen molar-refractivity contribution in [2.45, 2.75) is 38.3 Å². The minimum atomic E-state index is -0.303. The fraction of sp³-hybridized carbons (Fsp3) is 0.538. The first-order chi connectivity index (χ1) is 7.51. The van der Waals surface area contributed by atoms with Gasteiger partial charge in [0.15, 0.2) is 0 Å². The van der Waals surface area contributed by atoms with Gasteiger partial charge in [0.05, 0.1) is 6.10 Å². The van der Waals surface area contributed by atoms with Gasteiger partial charge in [0, 0.05) is 12.1 Å². The van der Waals surface area contributed by atoms with E-state index in [1.807, 2.05) is 19.9 Å². The van der Waals surface area contributed by atoms with E-state index in [9.17, 15) is 4.39 Å². The van der Waals surface area contributed by atoms with E-state index in [1.54, 1.807) is 6.07 Å². The Bertz CT molecular complexity index is 394. The summed E-state index contributed by atoms with van der Waals surface area (Å²) >= 11 is 0. The number of hydrogen-bond acceptors (Lipinski definition) is 2. The zero-order valence-electron chi connectivity index (χ0n) is 9.79. The molecule has 0 amide bonds. The molecule has 88 valence electrons. The number of aryl methyl sites for hydroxylation is 1. The van der Waals surface area contributed by atoms with Crippen LogP contribution in [-0.4, -0.2) is 18.2 Å². The smallest absolute Gasteiger partial charge is 0.123 e. The van der Waals surface area contributed by atoms with E-state index in [-0.39, 0.29) is 17.5 Å². The standard InChI is InChI=1S/C13H18FNO/c1-9-7-12(14)4-3-11(9)8-13(15)5-6-16-10(13)2/h3-4,7,10H,5-6,8,15H2,1-2H3. The highest BCUT2D eigenvalue weighted by Crippen LogP contribution is 2.28. The number of benzene rings is 1. The molecule has 2 rings (SSSR count). The monoisotopic (exact) mass is 223 g/mol. The average molecular weight is 223 g/mol. The van der Waals surface area contributed by atoms with Crippen molar-refractivity contribution in [3.05, 3.63) is 35.1 Å². The second kappa shape index (κ2) is 4.15. The third-order valence-corrected chi connectivity index (χ3v) is 3.57. The molecule has 2 nitrogen and oxygen atoms in total. The maximum absolute atomic E-state index is 13.0. The van der Waals surface area contributed by atoms with Crippen molar-refractivity contribution in [1.82, 2.24) is 0 Å². The Balaban J connectivity index is 2.20. The SMILES string of the molecule is Cc1cc(F)ccc1CC1(N)CCOC1C. The number of halogens is 1. The van der Waals surface area contributed by atoms with Gasteiger partial charge in [-0.15, -0.1) is 0 Å². The van der Waals surface area contributed by atoms with E-state index < -0.39 is 0 Å². The number of nitrogens with two attached hydrogens (primary N) is 1. The van der Waals surface area contributed by atoms with Crippen LogP contribution in [0.25, 0.3) is 0 Å². The molecule has 3 heteroatoms. The van der Waals surface area contributed by atoms with Crippen LogP contribution in [0.15, 0.2) is 18.2 Å². The zero-order chi connectivity index (χ0) is 11.8. The fourth-order valence-corrected chi connectivity index (χ4v) is 2.24. The van der Waals surface area contributed by atoms with E-state index in [0.29, 0.717) is 0 Å². The Hall–Kier alpha value is -0.930. The maximum atomic E-state index is 13.0. The van der Waals surface area contributed by atoms with Crippen molar-refractivity contribution in [2.24, 2.45) is 5.73 Å². The lowest BCUT2D eigenvalue weighted by molar-refractivity contribution is 0.0955. The average Bonchev–Trinajstić information content (AvgIpc) is 2.52. The van der Waals surface area contributed by atoms with E-state index in [4.69, 9.17) is 10.5 Å². The van der Waals surface area contributed by atoms with Crippen LogP contribution in [0.2, 0.25) is 0 Å². The fourth-order valence-electron chi connectivity index (χ4n) is 2.24. The molecule has 1 aliphatic rings. The molecule has 1 aromatic rings. The van der Waals surface area contributed by atoms with Gasteiger partial charge in [0.1, 0.15) is 5.82 Å². The molecule has 16 heavy (non-hydrogen) atoms. The minimum absolute atomic E-state index is 0.0666. The molecular weight excluding hydrogens is 205 g/mol. The van der Waals surface area contributed by atoms with Crippen molar-refractivity contribution < 1.29 is 9.13 Å². The Kier molecular flexibility index (Phi) is 3.00. The second-order valence-electron chi connectivity index (χ2n) is 4.74. The van der Waals surface area contributed by atoms with E-state index in [1.165, 1.54) is 6.07 Å². The van der Waals surface area contributed by atoms with Crippen molar-refractivity contribution in [3.63, 3.8) is 0 Å². The molecule has 0 aliphatic carbocycles. The zero-order valence-corrected chi connectivity index (χ0v) is 9.79. The summed E-state index contributed by atoms with van der Waals surface area (Å²) in [6.45, 7) is 4.64. The highest BCUT2D eigenvalue weighted by molar-refractivity contribution is 5.29. The summed E-state index contributed by atoms with van der Waals surface area (Å²) in [6, 6.07) is 4.87. The van der Waals surface area contributed by atoms with Crippen LogP contribution in [0.1, 0.15) is 24.5 Å². The normalized spacial score (nSPS) is 29.6. The quantitative estimate of drug-likeness (QED) is 0.834. The van der Waals surface area contributed by atoms with Gasteiger partial charge in [0.2, 0.25) is 0 Å². The van der Waals surface area contributed by atoms with E-state index >= 15 is 0 Å². The first-order valence-corrected chi connectivity index (χ1v) is 5.67. The Morgan fingerprint density at radius 1 is 1.56 bits per heavy atom. The van der Waals surface area contributed by atoms with Crippen molar-refractivity contribution >= 4 is 0 Å². The summed E-state index contributed by atoms with van der Waals surface area (Å²) in [6.07, 6.45) is 1.68. The minimum Gasteiger partial charge on any atom is -0.377 e. The molecule has 1 heterocycles. The Labute approximate surface area is 95.6 Å². The molecule has 1 aromatic carbocycles. The first kappa shape index (κ1) is 11.6. The second-order valence-corrected chi connectivity index (χ2v) is 4.74. The van der Waals surface area contributed by atoms with Gasteiger partial charge < -0.3 is 10.5 Å². The molecule has 0 saturated carbocycles. The van der Waals surface area contributed by atoms with Gasteiger partial charge in [-0.05, 0) is 49.9 Å². The highest BCUT2D eigenvalue weighted by Gasteiger charge is 2.37. The molecule has 0 radical (unpaired) electrons. The summed E-state index contributed by atoms with van der Waals surface area (Å²) in [7, 11) is 0. The van der Waals surface area contributed by atoms with Crippen molar-refractivity contribution in [3.8, 4) is 0 Å². The summed E-state index contributed by atoms with van der Waals surface area (Å²) in [4.78, 5) is 0. The maximum Gasteiger partial charge on any atom is 0.123 e. The molecule has 0 aromatic heterocycles. The van der Waals surface area contributed by atoms with Crippen LogP contribution in [-0.2, 0) is 11.2 Å². The summed E-state index contributed by atoms with van der Waals surface area (Å²) in [5.74, 6) is -0.192. The third kappa shape index (κ3) is 2.11. The Morgan fingerprint density at radius 3 is 2.88 bits per heavy atom. The van der Waals surface area contributed by atoms with Gasteiger partial charge in [-0.25, -0.2) is 4.39 Å². The van der Waals surface area contributed by atoms with Crippen LogP contribution in [0, 0.1) is 12.7 Å². The number of hydrogen-bond donors (Lipinski definition) is 1. The number of rotatable bonds is 2. The Morgan fingerprint density at radius 2 is 2.31 bits per heavy atom. The van der Waals surface area contributed by atoms with Crippen LogP contribution in [0.4, 0.5) is 4.39 Å². The van der Waals surface area contributed by atoms with Crippen LogP contribution >= 0.6 is 0 Å².